The van der Waals surface area contributed by atoms with Crippen LogP contribution in [-0.2, 0) is 14.4 Å². The van der Waals surface area contributed by atoms with Crippen molar-refractivity contribution in [3.63, 3.8) is 0 Å². The molecule has 2 aliphatic heterocycles. The zero-order valence-electron chi connectivity index (χ0n) is 12.9. The van der Waals surface area contributed by atoms with Gasteiger partial charge in [0.05, 0.1) is 11.8 Å². The van der Waals surface area contributed by atoms with Gasteiger partial charge in [0.2, 0.25) is 11.8 Å². The number of carbonyl (C=O) groups excluding carboxylic acids is 2. The predicted octanol–water partition coefficient (Wildman–Crippen LogP) is 2.05. The number of hydrogen-bond donors (Lipinski definition) is 1. The summed E-state index contributed by atoms with van der Waals surface area (Å²) in [5.41, 5.74) is 0.722. The van der Waals surface area contributed by atoms with Gasteiger partial charge in [-0.2, -0.15) is 0 Å². The van der Waals surface area contributed by atoms with Gasteiger partial charge in [-0.15, -0.1) is 12.4 Å². The molecule has 6 nitrogen and oxygen atoms in total. The molecule has 2 unspecified atom stereocenters. The van der Waals surface area contributed by atoms with Crippen LogP contribution in [-0.4, -0.2) is 47.4 Å². The number of anilines is 1. The van der Waals surface area contributed by atoms with E-state index in [4.69, 9.17) is 16.7 Å². The lowest BCUT2D eigenvalue weighted by Crippen LogP contribution is -2.36. The third-order valence-corrected chi connectivity index (χ3v) is 4.71. The fourth-order valence-corrected chi connectivity index (χ4v) is 3.29. The smallest absolute Gasteiger partial charge is 0.308 e. The lowest BCUT2D eigenvalue weighted by Gasteiger charge is -2.21. The Morgan fingerprint density at radius 3 is 2.38 bits per heavy atom. The molecule has 0 saturated carbocycles. The van der Waals surface area contributed by atoms with Gasteiger partial charge in [0, 0.05) is 36.8 Å². The highest BCUT2D eigenvalue weighted by molar-refractivity contribution is 6.30. The number of carbonyl (C=O) groups is 3. The second kappa shape index (κ2) is 7.40. The molecule has 2 fully saturated rings. The first-order valence-corrected chi connectivity index (χ1v) is 7.91. The Kier molecular flexibility index (Phi) is 5.72. The maximum absolute atomic E-state index is 12.5. The molecule has 2 amide bonds. The normalized spacial score (nSPS) is 23.3. The average molecular weight is 373 g/mol. The number of likely N-dealkylation sites (tertiary alicyclic amines) is 1. The van der Waals surface area contributed by atoms with Crippen molar-refractivity contribution in [2.45, 2.75) is 12.8 Å². The van der Waals surface area contributed by atoms with Crippen LogP contribution in [0.25, 0.3) is 0 Å². The maximum Gasteiger partial charge on any atom is 0.308 e. The molecule has 1 aromatic carbocycles. The molecule has 3 rings (SSSR count). The number of halogens is 2. The number of carboxylic acids is 1. The quantitative estimate of drug-likeness (QED) is 0.880. The van der Waals surface area contributed by atoms with Crippen molar-refractivity contribution in [1.29, 1.82) is 0 Å². The first-order chi connectivity index (χ1) is 11.0. The van der Waals surface area contributed by atoms with E-state index in [1.807, 2.05) is 0 Å². The predicted molar refractivity (Wildman–Crippen MR) is 91.5 cm³/mol. The van der Waals surface area contributed by atoms with Gasteiger partial charge >= 0.3 is 5.97 Å². The molecule has 2 atom stereocenters. The van der Waals surface area contributed by atoms with Crippen LogP contribution >= 0.6 is 24.0 Å². The van der Waals surface area contributed by atoms with Crippen LogP contribution < -0.4 is 4.90 Å². The van der Waals surface area contributed by atoms with Gasteiger partial charge in [-0.1, -0.05) is 11.6 Å². The number of hydrogen-bond acceptors (Lipinski definition) is 3. The summed E-state index contributed by atoms with van der Waals surface area (Å²) in [6.07, 6.45) is 0.637. The molecule has 0 aliphatic carbocycles. The largest absolute Gasteiger partial charge is 0.481 e. The number of rotatable bonds is 3. The fraction of sp³-hybridized carbons (Fsp3) is 0.438. The van der Waals surface area contributed by atoms with Crippen LogP contribution in [0.4, 0.5) is 5.69 Å². The van der Waals surface area contributed by atoms with Gasteiger partial charge in [0.1, 0.15) is 0 Å². The first-order valence-electron chi connectivity index (χ1n) is 7.53. The highest BCUT2D eigenvalue weighted by Gasteiger charge is 2.40. The first kappa shape index (κ1) is 18.5. The number of nitrogens with zero attached hydrogens (tertiary/aromatic N) is 2. The van der Waals surface area contributed by atoms with E-state index >= 15 is 0 Å². The molecular weight excluding hydrogens is 355 g/mol. The van der Waals surface area contributed by atoms with Gasteiger partial charge in [-0.3, -0.25) is 14.4 Å². The van der Waals surface area contributed by atoms with Crippen molar-refractivity contribution >= 4 is 47.5 Å². The topological polar surface area (TPSA) is 77.9 Å². The molecule has 0 bridgehead atoms. The summed E-state index contributed by atoms with van der Waals surface area (Å²) in [4.78, 5) is 38.9. The van der Waals surface area contributed by atoms with Crippen LogP contribution in [0.1, 0.15) is 12.8 Å². The lowest BCUT2D eigenvalue weighted by molar-refractivity contribution is -0.141. The van der Waals surface area contributed by atoms with E-state index in [0.29, 0.717) is 24.5 Å². The average Bonchev–Trinajstić information content (AvgIpc) is 3.14. The summed E-state index contributed by atoms with van der Waals surface area (Å²) >= 11 is 5.85. The zero-order valence-corrected chi connectivity index (χ0v) is 14.4. The molecule has 24 heavy (non-hydrogen) atoms. The Hall–Kier alpha value is -1.79. The van der Waals surface area contributed by atoms with Crippen molar-refractivity contribution in [3.8, 4) is 0 Å². The Morgan fingerprint density at radius 1 is 1.12 bits per heavy atom. The van der Waals surface area contributed by atoms with Gasteiger partial charge in [0.15, 0.2) is 0 Å². The van der Waals surface area contributed by atoms with Gasteiger partial charge in [-0.25, -0.2) is 0 Å². The number of benzene rings is 1. The summed E-state index contributed by atoms with van der Waals surface area (Å²) in [5.74, 6) is -2.00. The van der Waals surface area contributed by atoms with Crippen molar-refractivity contribution in [3.05, 3.63) is 29.3 Å². The Bertz CT molecular complexity index is 650. The second-order valence-electron chi connectivity index (χ2n) is 5.99. The summed E-state index contributed by atoms with van der Waals surface area (Å²) < 4.78 is 0. The molecule has 1 N–H and O–H groups in total. The van der Waals surface area contributed by atoms with E-state index in [1.54, 1.807) is 34.1 Å². The summed E-state index contributed by atoms with van der Waals surface area (Å²) in [5, 5.41) is 9.61. The Labute approximate surface area is 150 Å². The Balaban J connectivity index is 0.00000208. The lowest BCUT2D eigenvalue weighted by atomic mass is 10.1. The molecule has 0 spiro atoms. The molecule has 0 aromatic heterocycles. The monoisotopic (exact) mass is 372 g/mol. The number of amides is 2. The van der Waals surface area contributed by atoms with E-state index in [9.17, 15) is 14.4 Å². The molecule has 130 valence electrons. The van der Waals surface area contributed by atoms with E-state index in [-0.39, 0.29) is 37.2 Å². The summed E-state index contributed by atoms with van der Waals surface area (Å²) in [6, 6.07) is 6.92. The molecular formula is C16H18Cl2N2O4. The molecule has 0 radical (unpaired) electrons. The Morgan fingerprint density at radius 2 is 1.79 bits per heavy atom. The van der Waals surface area contributed by atoms with Crippen molar-refractivity contribution < 1.29 is 19.5 Å². The van der Waals surface area contributed by atoms with E-state index < -0.39 is 17.8 Å². The molecule has 8 heteroatoms. The number of aliphatic carboxylic acids is 1. The maximum atomic E-state index is 12.5. The minimum atomic E-state index is -0.870. The molecule has 2 heterocycles. The van der Waals surface area contributed by atoms with Crippen LogP contribution in [0, 0.1) is 11.8 Å². The highest BCUT2D eigenvalue weighted by Crippen LogP contribution is 2.29. The van der Waals surface area contributed by atoms with Crippen molar-refractivity contribution in [1.82, 2.24) is 4.90 Å². The van der Waals surface area contributed by atoms with Crippen LogP contribution in [0.3, 0.4) is 0 Å². The van der Waals surface area contributed by atoms with Gasteiger partial charge in [0.25, 0.3) is 0 Å². The van der Waals surface area contributed by atoms with Crippen molar-refractivity contribution in [2.75, 3.05) is 24.5 Å². The molecule has 1 aromatic rings. The van der Waals surface area contributed by atoms with Crippen molar-refractivity contribution in [2.24, 2.45) is 11.8 Å². The van der Waals surface area contributed by atoms with Crippen LogP contribution in [0.2, 0.25) is 5.02 Å². The summed E-state index contributed by atoms with van der Waals surface area (Å²) in [6.45, 7) is 1.01. The number of carboxylic acid groups (broad SMARTS) is 1. The van der Waals surface area contributed by atoms with E-state index in [0.717, 1.165) is 5.69 Å². The van der Waals surface area contributed by atoms with Gasteiger partial charge in [-0.05, 0) is 30.7 Å². The van der Waals surface area contributed by atoms with Crippen LogP contribution in [0.5, 0.6) is 0 Å². The molecule has 2 aliphatic rings. The zero-order chi connectivity index (χ0) is 16.6. The van der Waals surface area contributed by atoms with E-state index in [2.05, 4.69) is 0 Å². The summed E-state index contributed by atoms with van der Waals surface area (Å²) in [7, 11) is 0. The highest BCUT2D eigenvalue weighted by atomic mass is 35.5. The minimum Gasteiger partial charge on any atom is -0.481 e. The SMILES string of the molecule is Cl.O=C(O)C1CCN(C(=O)C2CC(=O)N(c3ccc(Cl)cc3)C2)C1. The molecule has 2 saturated heterocycles. The standard InChI is InChI=1S/C16H17ClN2O4.ClH/c17-12-1-3-13(4-2-12)19-9-11(7-14(19)20)15(21)18-6-5-10(8-18)16(22)23;/h1-4,10-11H,5-9H2,(H,22,23);1H. The van der Waals surface area contributed by atoms with Gasteiger partial charge < -0.3 is 14.9 Å². The second-order valence-corrected chi connectivity index (χ2v) is 6.43. The fourth-order valence-electron chi connectivity index (χ4n) is 3.16. The third kappa shape index (κ3) is 3.65. The van der Waals surface area contributed by atoms with E-state index in [1.165, 1.54) is 0 Å². The van der Waals surface area contributed by atoms with Crippen LogP contribution in [0.15, 0.2) is 24.3 Å². The third-order valence-electron chi connectivity index (χ3n) is 4.46. The minimum absolute atomic E-state index is 0.